The van der Waals surface area contributed by atoms with Crippen molar-refractivity contribution in [2.45, 2.75) is 8.65 Å². The van der Waals surface area contributed by atoms with Crippen molar-refractivity contribution in [3.63, 3.8) is 0 Å². The van der Waals surface area contributed by atoms with Gasteiger partial charge < -0.3 is 0 Å². The average molecular weight is 635 g/mol. The second kappa shape index (κ2) is 6.26. The summed E-state index contributed by atoms with van der Waals surface area (Å²) < 4.78 is -0.433. The van der Waals surface area contributed by atoms with E-state index in [4.69, 9.17) is 0 Å². The van der Waals surface area contributed by atoms with Crippen molar-refractivity contribution < 1.29 is 9.59 Å². The first-order chi connectivity index (χ1) is 14.4. The average Bonchev–Trinajstić information content (AvgIpc) is 3.04. The molecule has 2 atom stereocenters. The van der Waals surface area contributed by atoms with Gasteiger partial charge in [0.15, 0.2) is 0 Å². The monoisotopic (exact) mass is 633 g/mol. The molecule has 3 aliphatic carbocycles. The number of rotatable bonds is 1. The van der Waals surface area contributed by atoms with Crippen LogP contribution >= 0.6 is 54.5 Å². The van der Waals surface area contributed by atoms with E-state index in [1.165, 1.54) is 4.90 Å². The lowest BCUT2D eigenvalue weighted by molar-refractivity contribution is -0.122. The van der Waals surface area contributed by atoms with Gasteiger partial charge in [0.2, 0.25) is 11.8 Å². The maximum Gasteiger partial charge on any atom is 0.239 e. The van der Waals surface area contributed by atoms with Gasteiger partial charge in [-0.25, -0.2) is 4.90 Å². The molecule has 0 unspecified atom stereocenters. The summed E-state index contributed by atoms with van der Waals surface area (Å²) in [5.41, 5.74) is 4.82. The molecule has 1 aliphatic heterocycles. The molecule has 4 aliphatic rings. The fourth-order valence-electron chi connectivity index (χ4n) is 5.51. The minimum Gasteiger partial charge on any atom is -0.274 e. The SMILES string of the molecule is O=C1[C@H]2[C@H](C(=O)N1c1ccc(I)cc1)C1(Br)c3ccccc3C2(Br)c2ccccc21. The molecule has 3 aromatic rings. The number of carbonyl (C=O) groups is 2. The van der Waals surface area contributed by atoms with E-state index in [1.807, 2.05) is 48.5 Å². The molecule has 1 saturated heterocycles. The molecule has 1 fully saturated rings. The van der Waals surface area contributed by atoms with E-state index in [2.05, 4.69) is 78.7 Å². The maximum atomic E-state index is 13.8. The number of hydrogen-bond donors (Lipinski definition) is 0. The molecule has 1 heterocycles. The largest absolute Gasteiger partial charge is 0.274 e. The first-order valence-electron chi connectivity index (χ1n) is 9.61. The number of imide groups is 1. The van der Waals surface area contributed by atoms with Crippen LogP contribution in [-0.2, 0) is 18.2 Å². The van der Waals surface area contributed by atoms with Crippen LogP contribution in [-0.4, -0.2) is 11.8 Å². The van der Waals surface area contributed by atoms with Crippen molar-refractivity contribution in [3.8, 4) is 0 Å². The summed E-state index contributed by atoms with van der Waals surface area (Å²) in [5, 5.41) is 0. The second-order valence-electron chi connectivity index (χ2n) is 7.96. The lowest BCUT2D eigenvalue weighted by atomic mass is 9.54. The van der Waals surface area contributed by atoms with Crippen molar-refractivity contribution in [1.29, 1.82) is 0 Å². The predicted octanol–water partition coefficient (Wildman–Crippen LogP) is 5.70. The highest BCUT2D eigenvalue weighted by atomic mass is 127. The molecular formula is C24H14Br2INO2. The fraction of sp³-hybridized carbons (Fsp3) is 0.167. The number of amides is 2. The van der Waals surface area contributed by atoms with Gasteiger partial charge in [-0.1, -0.05) is 80.4 Å². The highest BCUT2D eigenvalue weighted by Crippen LogP contribution is 2.70. The van der Waals surface area contributed by atoms with Gasteiger partial charge in [-0.2, -0.15) is 0 Å². The number of halogens is 3. The zero-order valence-electron chi connectivity index (χ0n) is 15.5. The van der Waals surface area contributed by atoms with Gasteiger partial charge in [0.1, 0.15) is 0 Å². The van der Waals surface area contributed by atoms with E-state index >= 15 is 0 Å². The first kappa shape index (κ1) is 19.2. The predicted molar refractivity (Wildman–Crippen MR) is 131 cm³/mol. The summed E-state index contributed by atoms with van der Waals surface area (Å²) in [6, 6.07) is 23.8. The van der Waals surface area contributed by atoms with Crippen LogP contribution in [0.25, 0.3) is 0 Å². The Hall–Kier alpha value is -1.51. The highest BCUT2D eigenvalue weighted by molar-refractivity contribution is 14.1. The minimum atomic E-state index is -0.745. The Kier molecular flexibility index (Phi) is 4.01. The Labute approximate surface area is 204 Å². The number of hydrogen-bond acceptors (Lipinski definition) is 2. The molecule has 0 radical (unpaired) electrons. The van der Waals surface area contributed by atoms with Gasteiger partial charge in [-0.3, -0.25) is 9.59 Å². The van der Waals surface area contributed by atoms with E-state index in [0.717, 1.165) is 25.8 Å². The molecule has 6 heteroatoms. The Morgan fingerprint density at radius 1 is 0.667 bits per heavy atom. The van der Waals surface area contributed by atoms with E-state index in [0.29, 0.717) is 5.69 Å². The number of alkyl halides is 2. The van der Waals surface area contributed by atoms with Crippen molar-refractivity contribution >= 4 is 72.0 Å². The van der Waals surface area contributed by atoms with E-state index in [1.54, 1.807) is 0 Å². The Morgan fingerprint density at radius 3 is 1.40 bits per heavy atom. The number of carbonyl (C=O) groups excluding carboxylic acids is 2. The molecule has 3 nitrogen and oxygen atoms in total. The summed E-state index contributed by atoms with van der Waals surface area (Å²) in [6.45, 7) is 0. The third kappa shape index (κ3) is 2.10. The molecule has 0 saturated carbocycles. The standard InChI is InChI=1S/C24H14Br2INO2/c25-23-15-5-1-2-6-16(15)24(26,18-8-4-3-7-17(18)23)20-19(23)21(29)28(22(20)30)14-11-9-13(27)10-12-14/h1-12,19-20H/t19-,20-,23?,24?/m1/s1. The molecule has 0 spiro atoms. The van der Waals surface area contributed by atoms with Crippen molar-refractivity contribution in [2.24, 2.45) is 11.8 Å². The van der Waals surface area contributed by atoms with Crippen LogP contribution in [0.2, 0.25) is 0 Å². The molecule has 30 heavy (non-hydrogen) atoms. The first-order valence-corrected chi connectivity index (χ1v) is 12.3. The fourth-order valence-corrected chi connectivity index (χ4v) is 8.17. The lowest BCUT2D eigenvalue weighted by Crippen LogP contribution is -2.56. The zero-order valence-corrected chi connectivity index (χ0v) is 20.8. The van der Waals surface area contributed by atoms with Gasteiger partial charge in [0.05, 0.1) is 26.2 Å². The molecule has 2 amide bonds. The maximum absolute atomic E-state index is 13.8. The Balaban J connectivity index is 1.66. The van der Waals surface area contributed by atoms with Crippen LogP contribution < -0.4 is 4.90 Å². The smallest absolute Gasteiger partial charge is 0.239 e. The lowest BCUT2D eigenvalue weighted by Gasteiger charge is -2.55. The van der Waals surface area contributed by atoms with Gasteiger partial charge in [0.25, 0.3) is 0 Å². The van der Waals surface area contributed by atoms with E-state index < -0.39 is 20.5 Å². The number of nitrogens with zero attached hydrogens (tertiary/aromatic N) is 1. The minimum absolute atomic E-state index is 0.157. The second-order valence-corrected chi connectivity index (χ2v) is 11.7. The van der Waals surface area contributed by atoms with Crippen LogP contribution in [0.15, 0.2) is 72.8 Å². The molecule has 3 aromatic carbocycles. The van der Waals surface area contributed by atoms with Crippen LogP contribution in [0.4, 0.5) is 5.69 Å². The van der Waals surface area contributed by atoms with Gasteiger partial charge in [0, 0.05) is 3.57 Å². The third-order valence-corrected chi connectivity index (χ3v) is 10.1. The molecule has 0 N–H and O–H groups in total. The highest BCUT2D eigenvalue weighted by Gasteiger charge is 2.72. The summed E-state index contributed by atoms with van der Waals surface area (Å²) in [6.07, 6.45) is 0. The third-order valence-electron chi connectivity index (χ3n) is 6.67. The summed E-state index contributed by atoms with van der Waals surface area (Å²) >= 11 is 10.3. The van der Waals surface area contributed by atoms with Crippen LogP contribution in [0.1, 0.15) is 22.3 Å². The number of benzene rings is 3. The van der Waals surface area contributed by atoms with Crippen molar-refractivity contribution in [3.05, 3.63) is 98.6 Å². The van der Waals surface area contributed by atoms with Crippen LogP contribution in [0, 0.1) is 15.4 Å². The quantitative estimate of drug-likeness (QED) is 0.196. The van der Waals surface area contributed by atoms with Crippen LogP contribution in [0.5, 0.6) is 0 Å². The molecule has 7 rings (SSSR count). The Morgan fingerprint density at radius 2 is 1.03 bits per heavy atom. The summed E-state index contributed by atoms with van der Waals surface area (Å²) in [5.74, 6) is -1.38. The number of anilines is 1. The van der Waals surface area contributed by atoms with Gasteiger partial charge >= 0.3 is 0 Å². The van der Waals surface area contributed by atoms with Crippen molar-refractivity contribution in [2.75, 3.05) is 4.90 Å². The zero-order chi connectivity index (χ0) is 20.8. The molecule has 148 valence electrons. The van der Waals surface area contributed by atoms with Gasteiger partial charge in [-0.15, -0.1) is 0 Å². The summed E-state index contributed by atoms with van der Waals surface area (Å²) in [7, 11) is 0. The van der Waals surface area contributed by atoms with Gasteiger partial charge in [-0.05, 0) is 69.1 Å². The molecule has 0 aromatic heterocycles. The van der Waals surface area contributed by atoms with E-state index in [9.17, 15) is 9.59 Å². The van der Waals surface area contributed by atoms with Crippen molar-refractivity contribution in [1.82, 2.24) is 0 Å². The van der Waals surface area contributed by atoms with E-state index in [-0.39, 0.29) is 11.8 Å². The molecule has 2 bridgehead atoms. The van der Waals surface area contributed by atoms with Crippen LogP contribution in [0.3, 0.4) is 0 Å². The molecular weight excluding hydrogens is 621 g/mol. The summed E-state index contributed by atoms with van der Waals surface area (Å²) in [4.78, 5) is 29.1. The topological polar surface area (TPSA) is 37.4 Å². The Bertz CT molecular complexity index is 1130. The normalized spacial score (nSPS) is 30.8.